The third kappa shape index (κ3) is 7.86. The number of nitrogens with zero attached hydrogens (tertiary/aromatic N) is 1. The standard InChI is InChI=1S/C25H34N2O2S/c1-19-11-9-10-14-22(19)17-27(20(2)24(29)26-25(3,4)5)23(28)15-16-30-18-21-12-7-6-8-13-21/h6-14,20H,15-18H2,1-5H3,(H,26,29). The number of rotatable bonds is 9. The third-order valence-electron chi connectivity index (χ3n) is 4.84. The lowest BCUT2D eigenvalue weighted by molar-refractivity contribution is -0.140. The number of carbonyl (C=O) groups is 2. The largest absolute Gasteiger partial charge is 0.350 e. The van der Waals surface area contributed by atoms with Crippen molar-refractivity contribution in [1.29, 1.82) is 0 Å². The van der Waals surface area contributed by atoms with E-state index in [2.05, 4.69) is 17.4 Å². The van der Waals surface area contributed by atoms with E-state index in [1.807, 2.05) is 77.1 Å². The van der Waals surface area contributed by atoms with Gasteiger partial charge in [-0.2, -0.15) is 11.8 Å². The first-order valence-corrected chi connectivity index (χ1v) is 11.6. The van der Waals surface area contributed by atoms with Gasteiger partial charge in [0.15, 0.2) is 0 Å². The lowest BCUT2D eigenvalue weighted by Crippen LogP contribution is -2.52. The number of nitrogens with one attached hydrogen (secondary N) is 1. The average Bonchev–Trinajstić information content (AvgIpc) is 2.69. The van der Waals surface area contributed by atoms with Crippen LogP contribution in [0.2, 0.25) is 0 Å². The second-order valence-electron chi connectivity index (χ2n) is 8.65. The number of carbonyl (C=O) groups excluding carboxylic acids is 2. The Morgan fingerprint density at radius 3 is 2.30 bits per heavy atom. The molecule has 0 aliphatic carbocycles. The molecule has 1 N–H and O–H groups in total. The van der Waals surface area contributed by atoms with Crippen LogP contribution in [0, 0.1) is 6.92 Å². The number of benzene rings is 2. The fourth-order valence-electron chi connectivity index (χ4n) is 3.10. The Hall–Kier alpha value is -2.27. The van der Waals surface area contributed by atoms with E-state index in [1.165, 1.54) is 5.56 Å². The summed E-state index contributed by atoms with van der Waals surface area (Å²) in [6.07, 6.45) is 0.413. The van der Waals surface area contributed by atoms with Crippen molar-refractivity contribution in [3.63, 3.8) is 0 Å². The first kappa shape index (κ1) is 24.0. The minimum absolute atomic E-state index is 0.00961. The molecule has 30 heavy (non-hydrogen) atoms. The molecule has 0 radical (unpaired) electrons. The van der Waals surface area contributed by atoms with Crippen LogP contribution in [-0.2, 0) is 21.9 Å². The molecule has 0 saturated carbocycles. The van der Waals surface area contributed by atoms with Crippen LogP contribution < -0.4 is 5.32 Å². The van der Waals surface area contributed by atoms with Gasteiger partial charge in [0.25, 0.3) is 0 Å². The molecule has 1 unspecified atom stereocenters. The quantitative estimate of drug-likeness (QED) is 0.577. The Morgan fingerprint density at radius 2 is 1.67 bits per heavy atom. The first-order chi connectivity index (χ1) is 14.2. The Bertz CT molecular complexity index is 831. The minimum Gasteiger partial charge on any atom is -0.350 e. The van der Waals surface area contributed by atoms with Crippen molar-refractivity contribution in [2.45, 2.75) is 64.9 Å². The fraction of sp³-hybridized carbons (Fsp3) is 0.440. The van der Waals surface area contributed by atoms with E-state index in [1.54, 1.807) is 16.7 Å². The highest BCUT2D eigenvalue weighted by Gasteiger charge is 2.28. The number of hydrogen-bond donors (Lipinski definition) is 1. The number of hydrogen-bond acceptors (Lipinski definition) is 3. The molecule has 2 aromatic carbocycles. The topological polar surface area (TPSA) is 49.4 Å². The summed E-state index contributed by atoms with van der Waals surface area (Å²) >= 11 is 1.74. The summed E-state index contributed by atoms with van der Waals surface area (Å²) in [5, 5.41) is 3.01. The van der Waals surface area contributed by atoms with Crippen LogP contribution in [0.15, 0.2) is 54.6 Å². The summed E-state index contributed by atoms with van der Waals surface area (Å²) in [5.41, 5.74) is 3.11. The van der Waals surface area contributed by atoms with E-state index in [0.717, 1.165) is 22.6 Å². The maximum absolute atomic E-state index is 13.1. The van der Waals surface area contributed by atoms with Crippen LogP contribution in [0.25, 0.3) is 0 Å². The van der Waals surface area contributed by atoms with Crippen molar-refractivity contribution in [2.24, 2.45) is 0 Å². The molecule has 0 aromatic heterocycles. The summed E-state index contributed by atoms with van der Waals surface area (Å²) in [4.78, 5) is 27.6. The van der Waals surface area contributed by atoms with E-state index in [4.69, 9.17) is 0 Å². The van der Waals surface area contributed by atoms with E-state index in [-0.39, 0.29) is 17.4 Å². The third-order valence-corrected chi connectivity index (χ3v) is 5.87. The predicted molar refractivity (Wildman–Crippen MR) is 126 cm³/mol. The van der Waals surface area contributed by atoms with Crippen LogP contribution in [0.4, 0.5) is 0 Å². The molecule has 0 aliphatic rings. The zero-order valence-electron chi connectivity index (χ0n) is 18.8. The molecule has 2 rings (SSSR count). The summed E-state index contributed by atoms with van der Waals surface area (Å²) < 4.78 is 0. The van der Waals surface area contributed by atoms with Crippen LogP contribution in [-0.4, -0.2) is 34.0 Å². The van der Waals surface area contributed by atoms with E-state index in [0.29, 0.717) is 13.0 Å². The van der Waals surface area contributed by atoms with Gasteiger partial charge in [-0.1, -0.05) is 54.6 Å². The van der Waals surface area contributed by atoms with E-state index in [9.17, 15) is 9.59 Å². The summed E-state index contributed by atoms with van der Waals surface area (Å²) in [6, 6.07) is 17.7. The molecule has 5 heteroatoms. The molecular formula is C25H34N2O2S. The molecule has 2 amide bonds. The smallest absolute Gasteiger partial charge is 0.242 e. The maximum atomic E-state index is 13.1. The van der Waals surface area contributed by atoms with Crippen LogP contribution >= 0.6 is 11.8 Å². The Balaban J connectivity index is 2.04. The zero-order valence-corrected chi connectivity index (χ0v) is 19.6. The molecule has 0 aliphatic heterocycles. The molecule has 0 heterocycles. The van der Waals surface area contributed by atoms with Gasteiger partial charge in [-0.25, -0.2) is 0 Å². The highest BCUT2D eigenvalue weighted by atomic mass is 32.2. The maximum Gasteiger partial charge on any atom is 0.242 e. The molecule has 0 saturated heterocycles. The SMILES string of the molecule is Cc1ccccc1CN(C(=O)CCSCc1ccccc1)C(C)C(=O)NC(C)(C)C. The molecule has 162 valence electrons. The normalized spacial score (nSPS) is 12.3. The molecule has 1 atom stereocenters. The molecule has 0 bridgehead atoms. The first-order valence-electron chi connectivity index (χ1n) is 10.4. The summed E-state index contributed by atoms with van der Waals surface area (Å²) in [6.45, 7) is 10.1. The van der Waals surface area contributed by atoms with Crippen molar-refractivity contribution in [3.8, 4) is 0 Å². The second-order valence-corrected chi connectivity index (χ2v) is 9.76. The average molecular weight is 427 g/mol. The van der Waals surface area contributed by atoms with Gasteiger partial charge in [-0.3, -0.25) is 9.59 Å². The van der Waals surface area contributed by atoms with Crippen molar-refractivity contribution in [3.05, 3.63) is 71.3 Å². The molecule has 0 spiro atoms. The Kier molecular flexibility index (Phi) is 8.97. The van der Waals surface area contributed by atoms with Crippen molar-refractivity contribution in [1.82, 2.24) is 10.2 Å². The lowest BCUT2D eigenvalue weighted by Gasteiger charge is -2.32. The van der Waals surface area contributed by atoms with Crippen LogP contribution in [0.1, 0.15) is 50.8 Å². The molecule has 2 aromatic rings. The Morgan fingerprint density at radius 1 is 1.03 bits per heavy atom. The lowest BCUT2D eigenvalue weighted by atomic mass is 10.1. The summed E-state index contributed by atoms with van der Waals surface area (Å²) in [5.74, 6) is 1.49. The number of thioether (sulfide) groups is 1. The fourth-order valence-corrected chi connectivity index (χ4v) is 3.99. The summed E-state index contributed by atoms with van der Waals surface area (Å²) in [7, 11) is 0. The highest BCUT2D eigenvalue weighted by molar-refractivity contribution is 7.98. The van der Waals surface area contributed by atoms with E-state index >= 15 is 0 Å². The molecule has 0 fully saturated rings. The number of amides is 2. The molecular weight excluding hydrogens is 392 g/mol. The van der Waals surface area contributed by atoms with Gasteiger partial charge < -0.3 is 10.2 Å². The van der Waals surface area contributed by atoms with Gasteiger partial charge >= 0.3 is 0 Å². The van der Waals surface area contributed by atoms with Gasteiger partial charge in [0.2, 0.25) is 11.8 Å². The minimum atomic E-state index is -0.532. The van der Waals surface area contributed by atoms with Gasteiger partial charge in [-0.15, -0.1) is 0 Å². The Labute approximate surface area is 185 Å². The second kappa shape index (κ2) is 11.2. The van der Waals surface area contributed by atoms with Crippen LogP contribution in [0.5, 0.6) is 0 Å². The van der Waals surface area contributed by atoms with Gasteiger partial charge in [-0.05, 0) is 51.3 Å². The monoisotopic (exact) mass is 426 g/mol. The zero-order chi connectivity index (χ0) is 22.1. The van der Waals surface area contributed by atoms with Crippen molar-refractivity contribution < 1.29 is 9.59 Å². The van der Waals surface area contributed by atoms with Gasteiger partial charge in [0.1, 0.15) is 6.04 Å². The van der Waals surface area contributed by atoms with E-state index < -0.39 is 6.04 Å². The van der Waals surface area contributed by atoms with Gasteiger partial charge in [0.05, 0.1) is 0 Å². The van der Waals surface area contributed by atoms with Gasteiger partial charge in [0, 0.05) is 30.0 Å². The van der Waals surface area contributed by atoms with Crippen LogP contribution in [0.3, 0.4) is 0 Å². The number of aryl methyl sites for hydroxylation is 1. The van der Waals surface area contributed by atoms with Crippen molar-refractivity contribution >= 4 is 23.6 Å². The molecule has 4 nitrogen and oxygen atoms in total. The predicted octanol–water partition coefficient (Wildman–Crippen LogP) is 4.95. The highest BCUT2D eigenvalue weighted by Crippen LogP contribution is 2.18. The van der Waals surface area contributed by atoms with Crippen molar-refractivity contribution in [2.75, 3.05) is 5.75 Å².